The van der Waals surface area contributed by atoms with Gasteiger partial charge in [0.1, 0.15) is 0 Å². The Labute approximate surface area is 142 Å². The second kappa shape index (κ2) is 7.14. The molecule has 0 unspecified atom stereocenters. The van der Waals surface area contributed by atoms with Gasteiger partial charge in [-0.2, -0.15) is 0 Å². The van der Waals surface area contributed by atoms with Gasteiger partial charge in [0, 0.05) is 5.69 Å². The van der Waals surface area contributed by atoms with Crippen molar-refractivity contribution >= 4 is 22.9 Å². The Morgan fingerprint density at radius 3 is 2.38 bits per heavy atom. The Balaban J connectivity index is 1.62. The first-order valence-corrected chi connectivity index (χ1v) is 8.30. The fourth-order valence-electron chi connectivity index (χ4n) is 2.33. The quantitative estimate of drug-likeness (QED) is 0.750. The molecule has 0 bridgehead atoms. The standard InChI is InChI=1S/C18H16N2O3S/c21-16(10-13-4-2-1-3-5-13)19-15-8-6-14(7-9-15)11-20-17(22)12-24-18(20)23/h1-9,12,22H,10-11H2,(H,19,21). The zero-order chi connectivity index (χ0) is 16.9. The van der Waals surface area contributed by atoms with E-state index in [-0.39, 0.29) is 16.7 Å². The first-order valence-electron chi connectivity index (χ1n) is 7.42. The molecule has 0 aliphatic heterocycles. The minimum Gasteiger partial charge on any atom is -0.494 e. The van der Waals surface area contributed by atoms with Gasteiger partial charge in [-0.25, -0.2) is 0 Å². The lowest BCUT2D eigenvalue weighted by Crippen LogP contribution is -2.15. The minimum absolute atomic E-state index is 0.0368. The molecule has 0 aliphatic carbocycles. The maximum absolute atomic E-state index is 12.0. The number of rotatable bonds is 5. The average molecular weight is 340 g/mol. The molecule has 0 saturated carbocycles. The van der Waals surface area contributed by atoms with Crippen LogP contribution in [0, 0.1) is 0 Å². The van der Waals surface area contributed by atoms with Crippen LogP contribution in [0.25, 0.3) is 0 Å². The van der Waals surface area contributed by atoms with Crippen molar-refractivity contribution in [2.45, 2.75) is 13.0 Å². The van der Waals surface area contributed by atoms with Crippen LogP contribution in [0.4, 0.5) is 5.69 Å². The summed E-state index contributed by atoms with van der Waals surface area (Å²) in [4.78, 5) is 23.4. The van der Waals surface area contributed by atoms with E-state index in [4.69, 9.17) is 0 Å². The maximum atomic E-state index is 12.0. The van der Waals surface area contributed by atoms with Gasteiger partial charge < -0.3 is 10.4 Å². The van der Waals surface area contributed by atoms with E-state index in [1.54, 1.807) is 12.1 Å². The van der Waals surface area contributed by atoms with Crippen LogP contribution in [0.3, 0.4) is 0 Å². The van der Waals surface area contributed by atoms with Crippen LogP contribution in [-0.4, -0.2) is 15.6 Å². The van der Waals surface area contributed by atoms with Gasteiger partial charge in [-0.15, -0.1) is 0 Å². The molecule has 0 radical (unpaired) electrons. The van der Waals surface area contributed by atoms with Crippen molar-refractivity contribution in [1.29, 1.82) is 0 Å². The molecule has 0 aliphatic rings. The van der Waals surface area contributed by atoms with Crippen molar-refractivity contribution in [3.63, 3.8) is 0 Å². The first-order chi connectivity index (χ1) is 11.6. The van der Waals surface area contributed by atoms with Gasteiger partial charge in [-0.05, 0) is 23.3 Å². The van der Waals surface area contributed by atoms with Gasteiger partial charge in [-0.3, -0.25) is 14.2 Å². The number of anilines is 1. The molecular formula is C18H16N2O3S. The SMILES string of the molecule is O=C(Cc1ccccc1)Nc1ccc(Cn2c(O)csc2=O)cc1. The smallest absolute Gasteiger partial charge is 0.310 e. The zero-order valence-electron chi connectivity index (χ0n) is 12.8. The largest absolute Gasteiger partial charge is 0.494 e. The molecule has 1 aromatic heterocycles. The molecule has 24 heavy (non-hydrogen) atoms. The van der Waals surface area contributed by atoms with Crippen LogP contribution in [0.15, 0.2) is 64.8 Å². The van der Waals surface area contributed by atoms with E-state index in [1.807, 2.05) is 42.5 Å². The van der Waals surface area contributed by atoms with E-state index in [2.05, 4.69) is 5.32 Å². The molecule has 3 rings (SSSR count). The molecule has 5 nitrogen and oxygen atoms in total. The molecule has 0 fully saturated rings. The molecule has 1 heterocycles. The fraction of sp³-hybridized carbons (Fsp3) is 0.111. The summed E-state index contributed by atoms with van der Waals surface area (Å²) >= 11 is 0.963. The van der Waals surface area contributed by atoms with Crippen molar-refractivity contribution in [3.05, 3.63) is 80.8 Å². The number of nitrogens with one attached hydrogen (secondary N) is 1. The highest BCUT2D eigenvalue weighted by atomic mass is 32.1. The Hall–Kier alpha value is -2.86. The van der Waals surface area contributed by atoms with Crippen LogP contribution in [-0.2, 0) is 17.8 Å². The van der Waals surface area contributed by atoms with E-state index in [1.165, 1.54) is 9.95 Å². The van der Waals surface area contributed by atoms with Crippen LogP contribution in [0.1, 0.15) is 11.1 Å². The van der Waals surface area contributed by atoms with Gasteiger partial charge in [0.15, 0.2) is 0 Å². The molecule has 6 heteroatoms. The molecule has 2 aromatic carbocycles. The Morgan fingerprint density at radius 2 is 1.75 bits per heavy atom. The summed E-state index contributed by atoms with van der Waals surface area (Å²) in [6, 6.07) is 16.7. The van der Waals surface area contributed by atoms with Crippen LogP contribution < -0.4 is 10.2 Å². The Bertz CT molecular complexity index is 883. The summed E-state index contributed by atoms with van der Waals surface area (Å²) in [6.07, 6.45) is 0.320. The summed E-state index contributed by atoms with van der Waals surface area (Å²) < 4.78 is 1.30. The summed E-state index contributed by atoms with van der Waals surface area (Å²) in [5.41, 5.74) is 2.52. The highest BCUT2D eigenvalue weighted by Gasteiger charge is 2.07. The second-order valence-electron chi connectivity index (χ2n) is 5.35. The highest BCUT2D eigenvalue weighted by Crippen LogP contribution is 2.15. The van der Waals surface area contributed by atoms with Gasteiger partial charge in [0.25, 0.3) is 0 Å². The number of thiazole rings is 1. The number of nitrogens with zero attached hydrogens (tertiary/aromatic N) is 1. The van der Waals surface area contributed by atoms with Crippen LogP contribution in [0.5, 0.6) is 5.88 Å². The molecule has 2 N–H and O–H groups in total. The van der Waals surface area contributed by atoms with E-state index >= 15 is 0 Å². The third-order valence-corrected chi connectivity index (χ3v) is 4.30. The summed E-state index contributed by atoms with van der Waals surface area (Å²) in [7, 11) is 0. The molecule has 122 valence electrons. The minimum atomic E-state index is -0.201. The van der Waals surface area contributed by atoms with Crippen molar-refractivity contribution in [2.24, 2.45) is 0 Å². The number of carbonyl (C=O) groups is 1. The van der Waals surface area contributed by atoms with Gasteiger partial charge in [0.05, 0.1) is 18.3 Å². The topological polar surface area (TPSA) is 71.3 Å². The molecule has 3 aromatic rings. The number of hydrogen-bond acceptors (Lipinski definition) is 4. The third-order valence-electron chi connectivity index (χ3n) is 3.55. The Morgan fingerprint density at radius 1 is 1.04 bits per heavy atom. The van der Waals surface area contributed by atoms with Gasteiger partial charge in [0.2, 0.25) is 11.8 Å². The van der Waals surface area contributed by atoms with Crippen molar-refractivity contribution in [3.8, 4) is 5.88 Å². The number of aromatic nitrogens is 1. The molecule has 0 saturated heterocycles. The van der Waals surface area contributed by atoms with E-state index in [0.29, 0.717) is 18.7 Å². The highest BCUT2D eigenvalue weighted by molar-refractivity contribution is 7.07. The number of amides is 1. The second-order valence-corrected chi connectivity index (χ2v) is 6.17. The maximum Gasteiger partial charge on any atom is 0.310 e. The number of hydrogen-bond donors (Lipinski definition) is 2. The lowest BCUT2D eigenvalue weighted by molar-refractivity contribution is -0.115. The average Bonchev–Trinajstić information content (AvgIpc) is 2.89. The van der Waals surface area contributed by atoms with Gasteiger partial charge >= 0.3 is 4.87 Å². The van der Waals surface area contributed by atoms with Crippen LogP contribution in [0.2, 0.25) is 0 Å². The number of carbonyl (C=O) groups excluding carboxylic acids is 1. The summed E-state index contributed by atoms with van der Waals surface area (Å²) in [5.74, 6) is -0.120. The lowest BCUT2D eigenvalue weighted by atomic mass is 10.1. The first kappa shape index (κ1) is 16.0. The lowest BCUT2D eigenvalue weighted by Gasteiger charge is -2.07. The van der Waals surface area contributed by atoms with Crippen LogP contribution >= 0.6 is 11.3 Å². The monoisotopic (exact) mass is 340 g/mol. The summed E-state index contributed by atoms with van der Waals surface area (Å²) in [5, 5.41) is 13.9. The molecule has 0 atom stereocenters. The van der Waals surface area contributed by atoms with Crippen molar-refractivity contribution in [1.82, 2.24) is 4.57 Å². The summed E-state index contributed by atoms with van der Waals surface area (Å²) in [6.45, 7) is 0.298. The third kappa shape index (κ3) is 3.91. The zero-order valence-corrected chi connectivity index (χ0v) is 13.6. The predicted octanol–water partition coefficient (Wildman–Crippen LogP) is 2.84. The Kier molecular flexibility index (Phi) is 4.77. The van der Waals surface area contributed by atoms with E-state index in [9.17, 15) is 14.7 Å². The fourth-order valence-corrected chi connectivity index (χ4v) is 2.95. The number of benzene rings is 2. The predicted molar refractivity (Wildman–Crippen MR) is 94.6 cm³/mol. The molecule has 1 amide bonds. The molecular weight excluding hydrogens is 324 g/mol. The van der Waals surface area contributed by atoms with Gasteiger partial charge in [-0.1, -0.05) is 53.8 Å². The normalized spacial score (nSPS) is 10.5. The number of aromatic hydroxyl groups is 1. The molecule has 0 spiro atoms. The van der Waals surface area contributed by atoms with E-state index < -0.39 is 0 Å². The van der Waals surface area contributed by atoms with Crippen molar-refractivity contribution < 1.29 is 9.90 Å². The van der Waals surface area contributed by atoms with E-state index in [0.717, 1.165) is 22.5 Å². The van der Waals surface area contributed by atoms with Crippen molar-refractivity contribution in [2.75, 3.05) is 5.32 Å².